The number of aromatic nitrogens is 3. The molecule has 2 fully saturated rings. The van der Waals surface area contributed by atoms with E-state index in [-0.39, 0.29) is 11.7 Å². The maximum atomic E-state index is 12.7. The lowest BCUT2D eigenvalue weighted by molar-refractivity contribution is 0.259. The van der Waals surface area contributed by atoms with Gasteiger partial charge in [-0.25, -0.2) is 22.7 Å². The number of hydrogen-bond donors (Lipinski definition) is 1. The molecule has 0 aromatic carbocycles. The van der Waals surface area contributed by atoms with Crippen molar-refractivity contribution in [1.82, 2.24) is 19.3 Å². The van der Waals surface area contributed by atoms with E-state index in [1.807, 2.05) is 19.3 Å². The molecule has 1 aliphatic heterocycles. The van der Waals surface area contributed by atoms with Crippen LogP contribution in [0.25, 0.3) is 11.0 Å². The van der Waals surface area contributed by atoms with Crippen molar-refractivity contribution in [1.29, 1.82) is 0 Å². The Kier molecular flexibility index (Phi) is 4.64. The fraction of sp³-hybridized carbons (Fsp3) is 0.667. The molecular formula is C18H27N5O2S. The van der Waals surface area contributed by atoms with Gasteiger partial charge in [0.05, 0.1) is 11.1 Å². The highest BCUT2D eigenvalue weighted by molar-refractivity contribution is 7.89. The third-order valence-corrected chi connectivity index (χ3v) is 7.90. The third kappa shape index (κ3) is 3.32. The summed E-state index contributed by atoms with van der Waals surface area (Å²) in [5.74, 6) is 1.91. The predicted molar refractivity (Wildman–Crippen MR) is 103 cm³/mol. The number of fused-ring (bicyclic) bond motifs is 1. The van der Waals surface area contributed by atoms with Crippen LogP contribution in [0.15, 0.2) is 18.6 Å². The molecule has 2 aromatic rings. The summed E-state index contributed by atoms with van der Waals surface area (Å²) >= 11 is 0. The molecule has 4 rings (SSSR count). The fourth-order valence-electron chi connectivity index (χ4n) is 4.27. The summed E-state index contributed by atoms with van der Waals surface area (Å²) in [6.07, 6.45) is 7.35. The van der Waals surface area contributed by atoms with Crippen molar-refractivity contribution in [3.05, 3.63) is 18.6 Å². The molecule has 2 aromatic heterocycles. The van der Waals surface area contributed by atoms with Gasteiger partial charge in [-0.2, -0.15) is 0 Å². The van der Waals surface area contributed by atoms with Gasteiger partial charge in [-0.05, 0) is 43.6 Å². The number of hydrogen-bond acceptors (Lipinski definition) is 5. The summed E-state index contributed by atoms with van der Waals surface area (Å²) in [6.45, 7) is 3.51. The molecule has 0 amide bonds. The molecular weight excluding hydrogens is 350 g/mol. The summed E-state index contributed by atoms with van der Waals surface area (Å²) in [4.78, 5) is 13.9. The average molecular weight is 378 g/mol. The lowest BCUT2D eigenvalue weighted by Gasteiger charge is -2.42. The number of anilines is 1. The molecule has 2 aliphatic rings. The number of sulfonamides is 1. The summed E-state index contributed by atoms with van der Waals surface area (Å²) in [7, 11) is -1.09. The van der Waals surface area contributed by atoms with Crippen LogP contribution in [0, 0.1) is 11.8 Å². The number of aromatic amines is 1. The van der Waals surface area contributed by atoms with E-state index in [1.165, 1.54) is 0 Å². The van der Waals surface area contributed by atoms with Crippen LogP contribution < -0.4 is 4.90 Å². The highest BCUT2D eigenvalue weighted by atomic mass is 32.2. The Morgan fingerprint density at radius 2 is 2.15 bits per heavy atom. The Labute approximate surface area is 154 Å². The maximum absolute atomic E-state index is 12.7. The predicted octanol–water partition coefficient (Wildman–Crippen LogP) is 2.23. The highest BCUT2D eigenvalue weighted by Gasteiger charge is 2.38. The van der Waals surface area contributed by atoms with E-state index in [2.05, 4.69) is 26.8 Å². The van der Waals surface area contributed by atoms with Crippen LogP contribution in [0.1, 0.15) is 32.6 Å². The first-order valence-corrected chi connectivity index (χ1v) is 11.0. The van der Waals surface area contributed by atoms with Crippen LogP contribution in [0.5, 0.6) is 0 Å². The Hall–Kier alpha value is -1.67. The van der Waals surface area contributed by atoms with Crippen LogP contribution in [0.4, 0.5) is 5.82 Å². The molecule has 8 heteroatoms. The Balaban J connectivity index is 1.37. The van der Waals surface area contributed by atoms with Gasteiger partial charge in [0.1, 0.15) is 17.8 Å². The summed E-state index contributed by atoms with van der Waals surface area (Å²) in [5.41, 5.74) is 0.833. The van der Waals surface area contributed by atoms with E-state index in [4.69, 9.17) is 0 Å². The van der Waals surface area contributed by atoms with Crippen molar-refractivity contribution in [2.75, 3.05) is 30.8 Å². The van der Waals surface area contributed by atoms with Gasteiger partial charge >= 0.3 is 0 Å². The second-order valence-electron chi connectivity index (χ2n) is 7.92. The van der Waals surface area contributed by atoms with Crippen molar-refractivity contribution in [3.63, 3.8) is 0 Å². The zero-order chi connectivity index (χ0) is 18.3. The first kappa shape index (κ1) is 17.7. The standard InChI is InChI=1S/C18H27N5O2S/c1-13-4-3-7-23(10-13)26(24,25)11-14-8-15(9-14)22(2)18-16-5-6-19-17(16)20-12-21-18/h5-6,12-15H,3-4,7-11H2,1-2H3,(H,19,20,21). The number of rotatable bonds is 5. The van der Waals surface area contributed by atoms with Gasteiger partial charge in [0, 0.05) is 32.4 Å². The van der Waals surface area contributed by atoms with E-state index in [0.29, 0.717) is 25.0 Å². The van der Waals surface area contributed by atoms with Crippen LogP contribution in [0.3, 0.4) is 0 Å². The molecule has 0 radical (unpaired) electrons. The van der Waals surface area contributed by atoms with Crippen LogP contribution >= 0.6 is 0 Å². The summed E-state index contributed by atoms with van der Waals surface area (Å²) < 4.78 is 27.1. The molecule has 1 unspecified atom stereocenters. The SMILES string of the molecule is CC1CCCN(S(=O)(=O)CC2CC(N(C)c3ncnc4[nH]ccc34)C2)C1. The summed E-state index contributed by atoms with van der Waals surface area (Å²) in [5, 5.41) is 1.01. The molecule has 1 N–H and O–H groups in total. The van der Waals surface area contributed by atoms with Crippen LogP contribution in [-0.2, 0) is 10.0 Å². The smallest absolute Gasteiger partial charge is 0.214 e. The van der Waals surface area contributed by atoms with Gasteiger partial charge in [0.15, 0.2) is 0 Å². The minimum Gasteiger partial charge on any atom is -0.356 e. The van der Waals surface area contributed by atoms with Crippen LogP contribution in [0.2, 0.25) is 0 Å². The molecule has 142 valence electrons. The van der Waals surface area contributed by atoms with E-state index >= 15 is 0 Å². The molecule has 0 spiro atoms. The lowest BCUT2D eigenvalue weighted by atomic mass is 9.81. The first-order chi connectivity index (χ1) is 12.4. The molecule has 1 saturated carbocycles. The van der Waals surface area contributed by atoms with Gasteiger partial charge < -0.3 is 9.88 Å². The van der Waals surface area contributed by atoms with E-state index in [9.17, 15) is 8.42 Å². The lowest BCUT2D eigenvalue weighted by Crippen LogP contribution is -2.48. The van der Waals surface area contributed by atoms with Gasteiger partial charge in [-0.15, -0.1) is 0 Å². The van der Waals surface area contributed by atoms with Crippen LogP contribution in [-0.4, -0.2) is 59.6 Å². The number of piperidine rings is 1. The summed E-state index contributed by atoms with van der Waals surface area (Å²) in [6, 6.07) is 2.32. The highest BCUT2D eigenvalue weighted by Crippen LogP contribution is 2.36. The van der Waals surface area contributed by atoms with Crippen molar-refractivity contribution in [2.45, 2.75) is 38.6 Å². The van der Waals surface area contributed by atoms with Gasteiger partial charge in [0.2, 0.25) is 10.0 Å². The Morgan fingerprint density at radius 1 is 1.35 bits per heavy atom. The quantitative estimate of drug-likeness (QED) is 0.864. The zero-order valence-corrected chi connectivity index (χ0v) is 16.2. The monoisotopic (exact) mass is 377 g/mol. The van der Waals surface area contributed by atoms with Crippen molar-refractivity contribution >= 4 is 26.9 Å². The van der Waals surface area contributed by atoms with E-state index in [1.54, 1.807) is 10.6 Å². The largest absolute Gasteiger partial charge is 0.356 e. The molecule has 3 heterocycles. The topological polar surface area (TPSA) is 82.2 Å². The van der Waals surface area contributed by atoms with Crippen molar-refractivity contribution in [3.8, 4) is 0 Å². The minimum atomic E-state index is -3.13. The van der Waals surface area contributed by atoms with Gasteiger partial charge in [-0.1, -0.05) is 6.92 Å². The number of nitrogens with one attached hydrogen (secondary N) is 1. The van der Waals surface area contributed by atoms with Crippen molar-refractivity contribution < 1.29 is 8.42 Å². The van der Waals surface area contributed by atoms with E-state index < -0.39 is 10.0 Å². The molecule has 1 atom stereocenters. The number of nitrogens with zero attached hydrogens (tertiary/aromatic N) is 4. The Morgan fingerprint density at radius 3 is 2.92 bits per heavy atom. The molecule has 26 heavy (non-hydrogen) atoms. The normalized spacial score (nSPS) is 27.4. The van der Waals surface area contributed by atoms with Gasteiger partial charge in [-0.3, -0.25) is 0 Å². The maximum Gasteiger partial charge on any atom is 0.214 e. The number of H-pyrrole nitrogens is 1. The first-order valence-electron chi connectivity index (χ1n) is 9.43. The second-order valence-corrected chi connectivity index (χ2v) is 9.94. The third-order valence-electron chi connectivity index (χ3n) is 5.89. The zero-order valence-electron chi connectivity index (χ0n) is 15.4. The van der Waals surface area contributed by atoms with E-state index in [0.717, 1.165) is 42.5 Å². The molecule has 0 bridgehead atoms. The van der Waals surface area contributed by atoms with Crippen molar-refractivity contribution in [2.24, 2.45) is 11.8 Å². The van der Waals surface area contributed by atoms with Gasteiger partial charge in [0.25, 0.3) is 0 Å². The molecule has 1 aliphatic carbocycles. The fourth-order valence-corrected chi connectivity index (χ4v) is 6.24. The molecule has 7 nitrogen and oxygen atoms in total. The minimum absolute atomic E-state index is 0.244. The Bertz CT molecular complexity index is 875. The second kappa shape index (κ2) is 6.81. The molecule has 1 saturated heterocycles. The average Bonchev–Trinajstić information content (AvgIpc) is 3.06.